The van der Waals surface area contributed by atoms with Gasteiger partial charge in [0.2, 0.25) is 0 Å². The maximum Gasteiger partial charge on any atom is 0.338 e. The minimum absolute atomic E-state index is 0.265. The third-order valence-corrected chi connectivity index (χ3v) is 4.40. The van der Waals surface area contributed by atoms with Gasteiger partial charge < -0.3 is 20.3 Å². The summed E-state index contributed by atoms with van der Waals surface area (Å²) in [5.41, 5.74) is 2.67. The number of carbonyl (C=O) groups excluding carboxylic acids is 2. The first-order valence-corrected chi connectivity index (χ1v) is 9.51. The van der Waals surface area contributed by atoms with Crippen LogP contribution in [0.3, 0.4) is 0 Å². The molecular formula is C18H23Cl2N3O3. The molecular weight excluding hydrogens is 377 g/mol. The molecule has 1 aliphatic heterocycles. The predicted octanol–water partition coefficient (Wildman–Crippen LogP) is 3.16. The summed E-state index contributed by atoms with van der Waals surface area (Å²) in [5.74, 6) is 0.549. The van der Waals surface area contributed by atoms with E-state index in [2.05, 4.69) is 15.5 Å². The number of allylic oxidation sites excluding steroid dienone is 1. The van der Waals surface area contributed by atoms with Gasteiger partial charge in [0.25, 0.3) is 0 Å². The molecule has 8 heteroatoms. The number of hydrogen-bond acceptors (Lipinski definition) is 4. The summed E-state index contributed by atoms with van der Waals surface area (Å²) in [6, 6.07) is 6.71. The molecule has 0 aliphatic carbocycles. The Hall–Kier alpha value is -1.92. The maximum atomic E-state index is 12.3. The van der Waals surface area contributed by atoms with Gasteiger partial charge in [-0.25, -0.2) is 9.59 Å². The van der Waals surface area contributed by atoms with Crippen LogP contribution in [-0.2, 0) is 9.53 Å². The standard InChI is InChI=1S/C18H23Cl2N3O3/c1-3-26-17(24)15-12(2)21-18(25)22-16(15)13-4-6-14(7-5-13)23(10-8-19)11-9-20/h4-7,16H,3,8-11H2,1-2H3,(H2,21,22,25). The Labute approximate surface area is 163 Å². The number of hydrogen-bond donors (Lipinski definition) is 2. The topological polar surface area (TPSA) is 70.7 Å². The van der Waals surface area contributed by atoms with Crippen molar-refractivity contribution >= 4 is 40.9 Å². The lowest BCUT2D eigenvalue weighted by Gasteiger charge is -2.29. The first-order valence-electron chi connectivity index (χ1n) is 8.44. The van der Waals surface area contributed by atoms with E-state index in [1.165, 1.54) is 0 Å². The number of benzene rings is 1. The number of carbonyl (C=O) groups is 2. The van der Waals surface area contributed by atoms with Crippen LogP contribution in [0, 0.1) is 0 Å². The van der Waals surface area contributed by atoms with Gasteiger partial charge in [0, 0.05) is 36.2 Å². The van der Waals surface area contributed by atoms with E-state index in [4.69, 9.17) is 27.9 Å². The minimum Gasteiger partial charge on any atom is -0.463 e. The van der Waals surface area contributed by atoms with Gasteiger partial charge in [0.15, 0.2) is 0 Å². The number of amides is 2. The summed E-state index contributed by atoms with van der Waals surface area (Å²) < 4.78 is 5.14. The fourth-order valence-corrected chi connectivity index (χ4v) is 3.28. The molecule has 1 aliphatic rings. The summed E-state index contributed by atoms with van der Waals surface area (Å²) in [6.45, 7) is 5.07. The summed E-state index contributed by atoms with van der Waals surface area (Å²) >= 11 is 11.7. The molecule has 2 amide bonds. The van der Waals surface area contributed by atoms with Crippen LogP contribution in [0.4, 0.5) is 10.5 Å². The van der Waals surface area contributed by atoms with Gasteiger partial charge in [0.05, 0.1) is 18.2 Å². The number of rotatable bonds is 8. The van der Waals surface area contributed by atoms with E-state index in [1.54, 1.807) is 13.8 Å². The molecule has 0 saturated carbocycles. The molecule has 1 atom stereocenters. The maximum absolute atomic E-state index is 12.3. The van der Waals surface area contributed by atoms with Crippen molar-refractivity contribution in [2.75, 3.05) is 36.4 Å². The van der Waals surface area contributed by atoms with Crippen molar-refractivity contribution in [3.63, 3.8) is 0 Å². The zero-order valence-corrected chi connectivity index (χ0v) is 16.4. The van der Waals surface area contributed by atoms with Crippen LogP contribution in [0.25, 0.3) is 0 Å². The molecule has 1 aromatic carbocycles. The number of halogens is 2. The molecule has 1 heterocycles. The van der Waals surface area contributed by atoms with Crippen molar-refractivity contribution in [2.45, 2.75) is 19.9 Å². The molecule has 26 heavy (non-hydrogen) atoms. The Kier molecular flexibility index (Phi) is 7.60. The van der Waals surface area contributed by atoms with Gasteiger partial charge in [-0.1, -0.05) is 12.1 Å². The van der Waals surface area contributed by atoms with Crippen LogP contribution >= 0.6 is 23.2 Å². The summed E-state index contributed by atoms with van der Waals surface area (Å²) in [6.07, 6.45) is 0. The van der Waals surface area contributed by atoms with Crippen LogP contribution < -0.4 is 15.5 Å². The highest BCUT2D eigenvalue weighted by atomic mass is 35.5. The molecule has 0 radical (unpaired) electrons. The van der Waals surface area contributed by atoms with Gasteiger partial charge in [-0.15, -0.1) is 23.2 Å². The van der Waals surface area contributed by atoms with Crippen LogP contribution in [-0.4, -0.2) is 43.5 Å². The fraction of sp³-hybridized carbons (Fsp3) is 0.444. The smallest absolute Gasteiger partial charge is 0.338 e. The number of anilines is 1. The van der Waals surface area contributed by atoms with E-state index in [0.717, 1.165) is 11.3 Å². The first kappa shape index (κ1) is 20.4. The lowest BCUT2D eigenvalue weighted by Crippen LogP contribution is -2.45. The van der Waals surface area contributed by atoms with Crippen LogP contribution in [0.2, 0.25) is 0 Å². The van der Waals surface area contributed by atoms with Crippen molar-refractivity contribution in [1.82, 2.24) is 10.6 Å². The van der Waals surface area contributed by atoms with Crippen molar-refractivity contribution in [1.29, 1.82) is 0 Å². The molecule has 1 aromatic rings. The number of esters is 1. The Morgan fingerprint density at radius 2 is 1.81 bits per heavy atom. The minimum atomic E-state index is -0.564. The predicted molar refractivity (Wildman–Crippen MR) is 104 cm³/mol. The van der Waals surface area contributed by atoms with E-state index in [-0.39, 0.29) is 12.6 Å². The van der Waals surface area contributed by atoms with E-state index < -0.39 is 12.0 Å². The Balaban J connectivity index is 2.31. The van der Waals surface area contributed by atoms with Crippen molar-refractivity contribution in [3.8, 4) is 0 Å². The molecule has 0 aromatic heterocycles. The third kappa shape index (κ3) is 4.83. The molecule has 0 bridgehead atoms. The number of ether oxygens (including phenoxy) is 1. The second-order valence-corrected chi connectivity index (χ2v) is 6.50. The van der Waals surface area contributed by atoms with Crippen molar-refractivity contribution < 1.29 is 14.3 Å². The van der Waals surface area contributed by atoms with E-state index in [0.29, 0.717) is 36.1 Å². The SMILES string of the molecule is CCOC(=O)C1=C(C)NC(=O)NC1c1ccc(N(CCCl)CCCl)cc1. The number of urea groups is 1. The fourth-order valence-electron chi connectivity index (χ4n) is 2.87. The van der Waals surface area contributed by atoms with Crippen LogP contribution in [0.5, 0.6) is 0 Å². The average Bonchev–Trinajstić information content (AvgIpc) is 2.61. The highest BCUT2D eigenvalue weighted by Gasteiger charge is 2.32. The first-order chi connectivity index (χ1) is 12.5. The van der Waals surface area contributed by atoms with Crippen molar-refractivity contribution in [2.24, 2.45) is 0 Å². The van der Waals surface area contributed by atoms with Gasteiger partial charge in [-0.05, 0) is 31.5 Å². The highest BCUT2D eigenvalue weighted by molar-refractivity contribution is 6.18. The normalized spacial score (nSPS) is 16.8. The summed E-state index contributed by atoms with van der Waals surface area (Å²) in [5, 5.41) is 5.41. The van der Waals surface area contributed by atoms with Crippen molar-refractivity contribution in [3.05, 3.63) is 41.1 Å². The van der Waals surface area contributed by atoms with Gasteiger partial charge in [-0.3, -0.25) is 0 Å². The average molecular weight is 400 g/mol. The quantitative estimate of drug-likeness (QED) is 0.520. The molecule has 0 spiro atoms. The largest absolute Gasteiger partial charge is 0.463 e. The zero-order chi connectivity index (χ0) is 19.1. The lowest BCUT2D eigenvalue weighted by atomic mass is 9.95. The van der Waals surface area contributed by atoms with E-state index >= 15 is 0 Å². The Morgan fingerprint density at radius 3 is 2.35 bits per heavy atom. The monoisotopic (exact) mass is 399 g/mol. The molecule has 6 nitrogen and oxygen atoms in total. The molecule has 1 unspecified atom stereocenters. The van der Waals surface area contributed by atoms with Gasteiger partial charge in [-0.2, -0.15) is 0 Å². The molecule has 0 saturated heterocycles. The number of nitrogens with one attached hydrogen (secondary N) is 2. The van der Waals surface area contributed by atoms with E-state index in [9.17, 15) is 9.59 Å². The lowest BCUT2D eigenvalue weighted by molar-refractivity contribution is -0.139. The highest BCUT2D eigenvalue weighted by Crippen LogP contribution is 2.29. The number of alkyl halides is 2. The Bertz CT molecular complexity index is 671. The van der Waals surface area contributed by atoms with Gasteiger partial charge >= 0.3 is 12.0 Å². The Morgan fingerprint density at radius 1 is 1.19 bits per heavy atom. The molecule has 0 fully saturated rings. The molecule has 2 N–H and O–H groups in total. The van der Waals surface area contributed by atoms with Gasteiger partial charge in [0.1, 0.15) is 0 Å². The second-order valence-electron chi connectivity index (χ2n) is 5.75. The second kappa shape index (κ2) is 9.69. The third-order valence-electron chi connectivity index (χ3n) is 4.06. The zero-order valence-electron chi connectivity index (χ0n) is 14.9. The van der Waals surface area contributed by atoms with E-state index in [1.807, 2.05) is 24.3 Å². The summed E-state index contributed by atoms with van der Waals surface area (Å²) in [4.78, 5) is 26.3. The number of nitrogens with zero attached hydrogens (tertiary/aromatic N) is 1. The van der Waals surface area contributed by atoms with Crippen LogP contribution in [0.15, 0.2) is 35.5 Å². The molecule has 2 rings (SSSR count). The summed E-state index contributed by atoms with van der Waals surface area (Å²) in [7, 11) is 0. The molecule has 142 valence electrons. The van der Waals surface area contributed by atoms with Crippen LogP contribution in [0.1, 0.15) is 25.5 Å².